The summed E-state index contributed by atoms with van der Waals surface area (Å²) in [7, 11) is 4.42. The number of esters is 1. The number of fused-ring (bicyclic) bond motifs is 2. The molecule has 1 aliphatic carbocycles. The number of nitro groups is 1. The molecule has 0 saturated carbocycles. The van der Waals surface area contributed by atoms with Gasteiger partial charge in [0.05, 0.1) is 43.0 Å². The van der Waals surface area contributed by atoms with Gasteiger partial charge in [0.2, 0.25) is 5.75 Å². The van der Waals surface area contributed by atoms with E-state index in [9.17, 15) is 19.7 Å². The highest BCUT2D eigenvalue weighted by atomic mass is 16.6. The van der Waals surface area contributed by atoms with Gasteiger partial charge in [-0.15, -0.1) is 0 Å². The first-order valence-corrected chi connectivity index (χ1v) is 13.5. The summed E-state index contributed by atoms with van der Waals surface area (Å²) in [5, 5.41) is 14.4. The maximum Gasteiger partial charge on any atom is 0.339 e. The van der Waals surface area contributed by atoms with Gasteiger partial charge in [-0.25, -0.2) is 9.78 Å². The molecule has 0 radical (unpaired) electrons. The molecule has 220 valence electrons. The lowest BCUT2D eigenvalue weighted by molar-refractivity contribution is -0.384. The summed E-state index contributed by atoms with van der Waals surface area (Å²) in [5.41, 5.74) is 4.50. The van der Waals surface area contributed by atoms with E-state index in [1.807, 2.05) is 30.3 Å². The Morgan fingerprint density at radius 2 is 1.67 bits per heavy atom. The summed E-state index contributed by atoms with van der Waals surface area (Å²) in [4.78, 5) is 41.9. The molecule has 0 bridgehead atoms. The van der Waals surface area contributed by atoms with E-state index in [0.717, 1.165) is 29.5 Å². The number of hydrogen-bond acceptors (Lipinski definition) is 9. The number of hydrogen-bond donors (Lipinski definition) is 1. The first kappa shape index (κ1) is 29.1. The normalized spacial score (nSPS) is 13.2. The fourth-order valence-electron chi connectivity index (χ4n) is 5.16. The molecule has 3 aromatic carbocycles. The third-order valence-electron chi connectivity index (χ3n) is 7.10. The molecular weight excluding hydrogens is 554 g/mol. The van der Waals surface area contributed by atoms with Crippen molar-refractivity contribution < 1.29 is 33.5 Å². The fourth-order valence-corrected chi connectivity index (χ4v) is 5.16. The Balaban J connectivity index is 1.42. The summed E-state index contributed by atoms with van der Waals surface area (Å²) in [6, 6.07) is 16.7. The monoisotopic (exact) mass is 583 g/mol. The first-order valence-electron chi connectivity index (χ1n) is 13.5. The second-order valence-electron chi connectivity index (χ2n) is 9.74. The Morgan fingerprint density at radius 3 is 2.33 bits per heavy atom. The van der Waals surface area contributed by atoms with Crippen molar-refractivity contribution in [2.75, 3.05) is 33.3 Å². The standard InChI is InChI=1S/C32H29N3O8/c1-40-26-16-21(17-27(41-2)31(26)42-3)33-28(36)18-43-32(37)29-23-8-4-5-10-25(23)34-30-20(7-6-9-24(29)30)15-19-11-13-22(14-12-19)35(38)39/h4-5,8,10-17H,6-7,9,18H2,1-3H3,(H,33,36)/b20-15-. The van der Waals surface area contributed by atoms with Gasteiger partial charge in [0.1, 0.15) is 0 Å². The number of rotatable bonds is 9. The number of aromatic nitrogens is 1. The molecule has 1 N–H and O–H groups in total. The van der Waals surface area contributed by atoms with Crippen molar-refractivity contribution >= 4 is 45.8 Å². The molecule has 5 rings (SSSR count). The maximum absolute atomic E-state index is 13.6. The van der Waals surface area contributed by atoms with Crippen LogP contribution in [0.5, 0.6) is 17.2 Å². The third-order valence-corrected chi connectivity index (χ3v) is 7.10. The number of methoxy groups -OCH3 is 3. The Bertz CT molecular complexity index is 1720. The zero-order valence-electron chi connectivity index (χ0n) is 23.8. The third kappa shape index (κ3) is 6.10. The number of pyridine rings is 1. The summed E-state index contributed by atoms with van der Waals surface area (Å²) in [6.07, 6.45) is 4.03. The number of carbonyl (C=O) groups is 2. The molecule has 1 amide bonds. The minimum atomic E-state index is -0.633. The number of benzene rings is 3. The lowest BCUT2D eigenvalue weighted by atomic mass is 9.86. The lowest BCUT2D eigenvalue weighted by Crippen LogP contribution is -2.22. The summed E-state index contributed by atoms with van der Waals surface area (Å²) < 4.78 is 21.5. The molecule has 11 heteroatoms. The first-order chi connectivity index (χ1) is 20.8. The van der Waals surface area contributed by atoms with E-state index < -0.39 is 23.4 Å². The van der Waals surface area contributed by atoms with Gasteiger partial charge < -0.3 is 24.3 Å². The number of nitro benzene ring substituents is 1. The van der Waals surface area contributed by atoms with Crippen LogP contribution in [0.2, 0.25) is 0 Å². The van der Waals surface area contributed by atoms with E-state index in [0.29, 0.717) is 51.5 Å². The number of carbonyl (C=O) groups excluding carboxylic acids is 2. The van der Waals surface area contributed by atoms with Gasteiger partial charge in [-0.1, -0.05) is 18.2 Å². The molecule has 0 saturated heterocycles. The van der Waals surface area contributed by atoms with Crippen LogP contribution in [0.3, 0.4) is 0 Å². The second-order valence-corrected chi connectivity index (χ2v) is 9.74. The lowest BCUT2D eigenvalue weighted by Gasteiger charge is -2.22. The molecular formula is C32H29N3O8. The van der Waals surface area contributed by atoms with Gasteiger partial charge in [-0.2, -0.15) is 0 Å². The van der Waals surface area contributed by atoms with Crippen LogP contribution in [0.25, 0.3) is 22.6 Å². The number of anilines is 1. The van der Waals surface area contributed by atoms with Crippen LogP contribution >= 0.6 is 0 Å². The Labute approximate surface area is 247 Å². The molecule has 1 aromatic heterocycles. The number of allylic oxidation sites excluding steroid dienone is 1. The largest absolute Gasteiger partial charge is 0.493 e. The topological polar surface area (TPSA) is 139 Å². The number of para-hydroxylation sites is 1. The summed E-state index contributed by atoms with van der Waals surface area (Å²) in [6.45, 7) is -0.521. The van der Waals surface area contributed by atoms with Crippen LogP contribution in [-0.2, 0) is 16.0 Å². The zero-order valence-corrected chi connectivity index (χ0v) is 23.8. The summed E-state index contributed by atoms with van der Waals surface area (Å²) in [5.74, 6) is -0.0749. The Hall–Kier alpha value is -5.45. The zero-order chi connectivity index (χ0) is 30.5. The van der Waals surface area contributed by atoms with Gasteiger partial charge >= 0.3 is 5.97 Å². The highest BCUT2D eigenvalue weighted by Gasteiger charge is 2.26. The number of amides is 1. The molecule has 0 spiro atoms. The van der Waals surface area contributed by atoms with Crippen molar-refractivity contribution in [3.8, 4) is 17.2 Å². The van der Waals surface area contributed by atoms with Crippen molar-refractivity contribution in [2.24, 2.45) is 0 Å². The van der Waals surface area contributed by atoms with Crippen LogP contribution < -0.4 is 19.5 Å². The smallest absolute Gasteiger partial charge is 0.339 e. The van der Waals surface area contributed by atoms with Gasteiger partial charge in [0.25, 0.3) is 11.6 Å². The van der Waals surface area contributed by atoms with E-state index in [4.69, 9.17) is 23.9 Å². The highest BCUT2D eigenvalue weighted by Crippen LogP contribution is 2.40. The Kier molecular flexibility index (Phi) is 8.51. The average molecular weight is 584 g/mol. The number of ether oxygens (including phenoxy) is 4. The Morgan fingerprint density at radius 1 is 0.977 bits per heavy atom. The maximum atomic E-state index is 13.6. The number of non-ortho nitro benzene ring substituents is 1. The molecule has 0 atom stereocenters. The number of nitrogens with zero attached hydrogens (tertiary/aromatic N) is 2. The molecule has 11 nitrogen and oxygen atoms in total. The van der Waals surface area contributed by atoms with E-state index in [2.05, 4.69) is 5.32 Å². The van der Waals surface area contributed by atoms with Crippen molar-refractivity contribution in [3.63, 3.8) is 0 Å². The molecule has 0 unspecified atom stereocenters. The quantitative estimate of drug-likeness (QED) is 0.146. The van der Waals surface area contributed by atoms with Crippen LogP contribution in [0.1, 0.15) is 40.0 Å². The average Bonchev–Trinajstić information content (AvgIpc) is 3.02. The predicted octanol–water partition coefficient (Wildman–Crippen LogP) is 5.84. The van der Waals surface area contributed by atoms with Crippen molar-refractivity contribution in [1.82, 2.24) is 4.98 Å². The predicted molar refractivity (Wildman–Crippen MR) is 161 cm³/mol. The molecule has 0 aliphatic heterocycles. The van der Waals surface area contributed by atoms with Crippen molar-refractivity contribution in [3.05, 3.63) is 93.2 Å². The molecule has 43 heavy (non-hydrogen) atoms. The number of nitrogens with one attached hydrogen (secondary N) is 1. The van der Waals surface area contributed by atoms with Gasteiger partial charge in [0, 0.05) is 35.3 Å². The molecule has 0 fully saturated rings. The van der Waals surface area contributed by atoms with Crippen LogP contribution in [-0.4, -0.2) is 49.7 Å². The van der Waals surface area contributed by atoms with Crippen molar-refractivity contribution in [1.29, 1.82) is 0 Å². The van der Waals surface area contributed by atoms with E-state index in [-0.39, 0.29) is 5.69 Å². The van der Waals surface area contributed by atoms with Crippen molar-refractivity contribution in [2.45, 2.75) is 19.3 Å². The van der Waals surface area contributed by atoms with Crippen LogP contribution in [0.15, 0.2) is 60.7 Å². The minimum absolute atomic E-state index is 0.00893. The van der Waals surface area contributed by atoms with Gasteiger partial charge in [-0.3, -0.25) is 14.9 Å². The van der Waals surface area contributed by atoms with Crippen LogP contribution in [0.4, 0.5) is 11.4 Å². The molecule has 4 aromatic rings. The van der Waals surface area contributed by atoms with Gasteiger partial charge in [-0.05, 0) is 60.2 Å². The fraction of sp³-hybridized carbons (Fsp3) is 0.219. The van der Waals surface area contributed by atoms with E-state index >= 15 is 0 Å². The molecule has 1 heterocycles. The van der Waals surface area contributed by atoms with E-state index in [1.54, 1.807) is 24.3 Å². The molecule has 1 aliphatic rings. The summed E-state index contributed by atoms with van der Waals surface area (Å²) >= 11 is 0. The highest BCUT2D eigenvalue weighted by molar-refractivity contribution is 6.07. The van der Waals surface area contributed by atoms with E-state index in [1.165, 1.54) is 33.5 Å². The SMILES string of the molecule is COc1cc(NC(=O)COC(=O)c2c3c(nc4ccccc24)/C(=C\c2ccc([N+](=O)[O-])cc2)CCC3)cc(OC)c1OC. The van der Waals surface area contributed by atoms with Gasteiger partial charge in [0.15, 0.2) is 18.1 Å². The minimum Gasteiger partial charge on any atom is -0.493 e. The van der Waals surface area contributed by atoms with Crippen LogP contribution in [0, 0.1) is 10.1 Å². The second kappa shape index (κ2) is 12.6.